The third-order valence-corrected chi connectivity index (χ3v) is 3.17. The van der Waals surface area contributed by atoms with E-state index in [0.717, 1.165) is 18.3 Å². The van der Waals surface area contributed by atoms with E-state index in [4.69, 9.17) is 9.47 Å². The van der Waals surface area contributed by atoms with Gasteiger partial charge in [-0.15, -0.1) is 0 Å². The third-order valence-electron chi connectivity index (χ3n) is 3.17. The fourth-order valence-corrected chi connectivity index (χ4v) is 1.91. The van der Waals surface area contributed by atoms with Crippen LogP contribution in [0.2, 0.25) is 0 Å². The Morgan fingerprint density at radius 2 is 1.75 bits per heavy atom. The molecule has 0 bridgehead atoms. The minimum absolute atomic E-state index is 0.442. The number of benzene rings is 2. The molecule has 0 radical (unpaired) electrons. The van der Waals surface area contributed by atoms with Crippen molar-refractivity contribution in [2.24, 2.45) is 0 Å². The monoisotopic (exact) mass is 270 g/mol. The van der Waals surface area contributed by atoms with Crippen LogP contribution in [0.4, 0.5) is 0 Å². The van der Waals surface area contributed by atoms with E-state index in [2.05, 4.69) is 19.1 Å². The Labute approximate surface area is 119 Å². The van der Waals surface area contributed by atoms with E-state index in [1.165, 1.54) is 5.56 Å². The smallest absolute Gasteiger partial charge is 0.153 e. The van der Waals surface area contributed by atoms with Gasteiger partial charge in [0.05, 0.1) is 12.7 Å². The Hall–Kier alpha value is -2.29. The van der Waals surface area contributed by atoms with Gasteiger partial charge in [-0.3, -0.25) is 4.79 Å². The number of carbonyl (C=O) groups excluding carboxylic acids is 1. The van der Waals surface area contributed by atoms with Crippen molar-refractivity contribution in [3.8, 4) is 11.5 Å². The first-order valence-electron chi connectivity index (χ1n) is 6.60. The van der Waals surface area contributed by atoms with Gasteiger partial charge in [0.15, 0.2) is 6.29 Å². The van der Waals surface area contributed by atoms with Crippen LogP contribution in [0.5, 0.6) is 11.5 Å². The largest absolute Gasteiger partial charge is 0.497 e. The Morgan fingerprint density at radius 1 is 1.05 bits per heavy atom. The fourth-order valence-electron chi connectivity index (χ4n) is 1.91. The van der Waals surface area contributed by atoms with E-state index in [1.807, 2.05) is 12.1 Å². The molecule has 3 nitrogen and oxygen atoms in total. The Kier molecular flexibility index (Phi) is 4.77. The second-order valence-electron chi connectivity index (χ2n) is 4.48. The van der Waals surface area contributed by atoms with Crippen molar-refractivity contribution in [2.75, 3.05) is 7.11 Å². The fraction of sp³-hybridized carbons (Fsp3) is 0.235. The molecule has 0 fully saturated rings. The summed E-state index contributed by atoms with van der Waals surface area (Å²) >= 11 is 0. The Morgan fingerprint density at radius 3 is 2.35 bits per heavy atom. The zero-order valence-corrected chi connectivity index (χ0v) is 11.8. The molecule has 0 atom stereocenters. The number of hydrogen-bond donors (Lipinski definition) is 0. The summed E-state index contributed by atoms with van der Waals surface area (Å²) in [5.41, 5.74) is 2.87. The molecule has 0 unspecified atom stereocenters. The van der Waals surface area contributed by atoms with Crippen LogP contribution in [0.25, 0.3) is 0 Å². The minimum Gasteiger partial charge on any atom is -0.497 e. The normalized spacial score (nSPS) is 10.1. The number of aldehydes is 1. The Balaban J connectivity index is 2.07. The van der Waals surface area contributed by atoms with E-state index < -0.39 is 0 Å². The third kappa shape index (κ3) is 3.38. The number of carbonyl (C=O) groups is 1. The lowest BCUT2D eigenvalue weighted by molar-refractivity contribution is 0.111. The highest BCUT2D eigenvalue weighted by Crippen LogP contribution is 2.23. The summed E-state index contributed by atoms with van der Waals surface area (Å²) in [5.74, 6) is 1.21. The summed E-state index contributed by atoms with van der Waals surface area (Å²) in [7, 11) is 1.57. The molecule has 104 valence electrons. The molecule has 3 heteroatoms. The van der Waals surface area contributed by atoms with Crippen LogP contribution in [0.3, 0.4) is 0 Å². The van der Waals surface area contributed by atoms with E-state index in [9.17, 15) is 4.79 Å². The van der Waals surface area contributed by atoms with Gasteiger partial charge in [-0.05, 0) is 35.7 Å². The molecule has 0 aliphatic heterocycles. The molecule has 2 rings (SSSR count). The molecule has 0 aromatic heterocycles. The van der Waals surface area contributed by atoms with Crippen molar-refractivity contribution in [3.05, 3.63) is 59.2 Å². The second-order valence-corrected chi connectivity index (χ2v) is 4.48. The summed E-state index contributed by atoms with van der Waals surface area (Å²) in [6, 6.07) is 13.5. The zero-order chi connectivity index (χ0) is 14.4. The van der Waals surface area contributed by atoms with Crippen LogP contribution in [-0.4, -0.2) is 13.4 Å². The molecule has 0 amide bonds. The Bertz CT molecular complexity index is 573. The van der Waals surface area contributed by atoms with E-state index in [-0.39, 0.29) is 0 Å². The molecular formula is C17H18O3. The van der Waals surface area contributed by atoms with Gasteiger partial charge in [-0.2, -0.15) is 0 Å². The van der Waals surface area contributed by atoms with Crippen molar-refractivity contribution in [1.29, 1.82) is 0 Å². The lowest BCUT2D eigenvalue weighted by atomic mass is 10.1. The molecule has 0 saturated heterocycles. The number of aryl methyl sites for hydroxylation is 1. The number of ether oxygens (including phenoxy) is 2. The maximum absolute atomic E-state index is 11.1. The highest BCUT2D eigenvalue weighted by atomic mass is 16.5. The average Bonchev–Trinajstić information content (AvgIpc) is 2.53. The van der Waals surface area contributed by atoms with Gasteiger partial charge >= 0.3 is 0 Å². The van der Waals surface area contributed by atoms with Crippen LogP contribution in [-0.2, 0) is 13.0 Å². The van der Waals surface area contributed by atoms with Crippen molar-refractivity contribution in [3.63, 3.8) is 0 Å². The van der Waals surface area contributed by atoms with Crippen molar-refractivity contribution >= 4 is 6.29 Å². The van der Waals surface area contributed by atoms with Gasteiger partial charge in [0.25, 0.3) is 0 Å². The molecule has 0 spiro atoms. The molecule has 0 N–H and O–H groups in total. The molecular weight excluding hydrogens is 252 g/mol. The number of hydrogen-bond acceptors (Lipinski definition) is 3. The highest BCUT2D eigenvalue weighted by Gasteiger charge is 2.05. The lowest BCUT2D eigenvalue weighted by Crippen LogP contribution is -1.99. The minimum atomic E-state index is 0.442. The standard InChI is InChI=1S/C17H18O3/c1-3-13-4-6-14(7-5-13)12-20-17-9-8-16(19-2)10-15(17)11-18/h4-11H,3,12H2,1-2H3. The SMILES string of the molecule is CCc1ccc(COc2ccc(OC)cc2C=O)cc1. The van der Waals surface area contributed by atoms with Crippen molar-refractivity contribution in [2.45, 2.75) is 20.0 Å². The summed E-state index contributed by atoms with van der Waals surface area (Å²) in [5, 5.41) is 0. The molecule has 0 saturated carbocycles. The average molecular weight is 270 g/mol. The summed E-state index contributed by atoms with van der Waals surface area (Å²) < 4.78 is 10.8. The van der Waals surface area contributed by atoms with Crippen LogP contribution in [0, 0.1) is 0 Å². The maximum Gasteiger partial charge on any atom is 0.153 e. The van der Waals surface area contributed by atoms with E-state index in [1.54, 1.807) is 25.3 Å². The predicted molar refractivity (Wildman–Crippen MR) is 78.5 cm³/mol. The summed E-state index contributed by atoms with van der Waals surface area (Å²) in [4.78, 5) is 11.1. The number of methoxy groups -OCH3 is 1. The van der Waals surface area contributed by atoms with Gasteiger partial charge in [0.1, 0.15) is 18.1 Å². The first-order chi connectivity index (χ1) is 9.76. The first kappa shape index (κ1) is 14.1. The van der Waals surface area contributed by atoms with E-state index >= 15 is 0 Å². The summed E-state index contributed by atoms with van der Waals surface area (Å²) in [6.07, 6.45) is 1.80. The van der Waals surface area contributed by atoms with Gasteiger partial charge in [0.2, 0.25) is 0 Å². The molecule has 2 aromatic carbocycles. The first-order valence-corrected chi connectivity index (χ1v) is 6.60. The second kappa shape index (κ2) is 6.75. The van der Waals surface area contributed by atoms with Crippen molar-refractivity contribution < 1.29 is 14.3 Å². The molecule has 0 aliphatic carbocycles. The topological polar surface area (TPSA) is 35.5 Å². The predicted octanol–water partition coefficient (Wildman–Crippen LogP) is 3.65. The van der Waals surface area contributed by atoms with Crippen molar-refractivity contribution in [1.82, 2.24) is 0 Å². The zero-order valence-electron chi connectivity index (χ0n) is 11.8. The quantitative estimate of drug-likeness (QED) is 0.752. The lowest BCUT2D eigenvalue weighted by Gasteiger charge is -2.10. The summed E-state index contributed by atoms with van der Waals surface area (Å²) in [6.45, 7) is 2.57. The van der Waals surface area contributed by atoms with Gasteiger partial charge in [-0.1, -0.05) is 31.2 Å². The molecule has 0 heterocycles. The van der Waals surface area contributed by atoms with Crippen LogP contribution in [0.15, 0.2) is 42.5 Å². The van der Waals surface area contributed by atoms with Gasteiger partial charge in [0, 0.05) is 0 Å². The molecule has 20 heavy (non-hydrogen) atoms. The highest BCUT2D eigenvalue weighted by molar-refractivity contribution is 5.80. The maximum atomic E-state index is 11.1. The van der Waals surface area contributed by atoms with Gasteiger partial charge < -0.3 is 9.47 Å². The molecule has 2 aromatic rings. The van der Waals surface area contributed by atoms with Crippen LogP contribution in [0.1, 0.15) is 28.4 Å². The van der Waals surface area contributed by atoms with Crippen LogP contribution < -0.4 is 9.47 Å². The van der Waals surface area contributed by atoms with E-state index in [0.29, 0.717) is 23.7 Å². The molecule has 0 aliphatic rings. The number of rotatable bonds is 6. The van der Waals surface area contributed by atoms with Crippen LogP contribution >= 0.6 is 0 Å². The van der Waals surface area contributed by atoms with Gasteiger partial charge in [-0.25, -0.2) is 0 Å².